The highest BCUT2D eigenvalue weighted by Crippen LogP contribution is 2.31. The summed E-state index contributed by atoms with van der Waals surface area (Å²) >= 11 is 0. The van der Waals surface area contributed by atoms with Gasteiger partial charge in [-0.25, -0.2) is 0 Å². The highest BCUT2D eigenvalue weighted by atomic mass is 16.4. The Morgan fingerprint density at radius 1 is 1.59 bits per heavy atom. The van der Waals surface area contributed by atoms with Crippen molar-refractivity contribution < 1.29 is 15.0 Å². The maximum atomic E-state index is 10.7. The zero-order valence-electron chi connectivity index (χ0n) is 10.4. The van der Waals surface area contributed by atoms with Crippen molar-refractivity contribution in [1.82, 2.24) is 0 Å². The lowest BCUT2D eigenvalue weighted by Gasteiger charge is -2.29. The van der Waals surface area contributed by atoms with Gasteiger partial charge in [0.1, 0.15) is 11.6 Å². The third-order valence-electron chi connectivity index (χ3n) is 3.33. The molecular weight excluding hydrogens is 218 g/mol. The summed E-state index contributed by atoms with van der Waals surface area (Å²) < 4.78 is 0. The minimum Gasteiger partial charge on any atom is -0.480 e. The quantitative estimate of drug-likeness (QED) is 0.634. The minimum atomic E-state index is -0.981. The normalized spacial score (nSPS) is 29.9. The van der Waals surface area contributed by atoms with Crippen molar-refractivity contribution in [2.45, 2.75) is 44.8 Å². The monoisotopic (exact) mass is 239 g/mol. The van der Waals surface area contributed by atoms with Gasteiger partial charge in [0.05, 0.1) is 0 Å². The molecule has 0 aromatic heterocycles. The smallest absolute Gasteiger partial charge is 0.320 e. The Morgan fingerprint density at radius 3 is 2.71 bits per heavy atom. The van der Waals surface area contributed by atoms with Crippen LogP contribution in [0.3, 0.4) is 0 Å². The van der Waals surface area contributed by atoms with Crippen molar-refractivity contribution in [3.8, 4) is 0 Å². The van der Waals surface area contributed by atoms with Gasteiger partial charge in [0, 0.05) is 0 Å². The number of carboxylic acid groups (broad SMARTS) is 1. The molecule has 0 aromatic carbocycles. The molecule has 4 N–H and O–H groups in total. The summed E-state index contributed by atoms with van der Waals surface area (Å²) in [5, 5.41) is 18.9. The van der Waals surface area contributed by atoms with Gasteiger partial charge in [-0.2, -0.15) is 0 Å². The minimum absolute atomic E-state index is 0.0259. The van der Waals surface area contributed by atoms with Crippen LogP contribution in [0.1, 0.15) is 33.1 Å². The molecule has 4 heteroatoms. The first kappa shape index (κ1) is 13.9. The van der Waals surface area contributed by atoms with Crippen molar-refractivity contribution in [3.63, 3.8) is 0 Å². The molecular formula is C13H21NO3. The number of allylic oxidation sites excluding steroid dienone is 2. The Labute approximate surface area is 102 Å². The van der Waals surface area contributed by atoms with Crippen LogP contribution in [-0.4, -0.2) is 27.8 Å². The van der Waals surface area contributed by atoms with Crippen molar-refractivity contribution in [2.24, 2.45) is 11.7 Å². The summed E-state index contributed by atoms with van der Waals surface area (Å²) in [6.45, 7) is 3.91. The molecule has 4 nitrogen and oxygen atoms in total. The van der Waals surface area contributed by atoms with Crippen molar-refractivity contribution in [1.29, 1.82) is 0 Å². The van der Waals surface area contributed by atoms with E-state index in [1.54, 1.807) is 6.08 Å². The zero-order chi connectivity index (χ0) is 13.1. The number of hydrogen-bond donors (Lipinski definition) is 3. The molecule has 0 spiro atoms. The lowest BCUT2D eigenvalue weighted by Crippen LogP contribution is -2.34. The number of aliphatic hydroxyl groups is 1. The van der Waals surface area contributed by atoms with Crippen LogP contribution in [0.15, 0.2) is 23.8 Å². The van der Waals surface area contributed by atoms with Crippen molar-refractivity contribution in [3.05, 3.63) is 23.8 Å². The van der Waals surface area contributed by atoms with Crippen molar-refractivity contribution >= 4 is 5.97 Å². The maximum Gasteiger partial charge on any atom is 0.320 e. The summed E-state index contributed by atoms with van der Waals surface area (Å²) in [6.07, 6.45) is 7.25. The Balaban J connectivity index is 2.80. The van der Waals surface area contributed by atoms with Gasteiger partial charge in [-0.3, -0.25) is 4.79 Å². The predicted octanol–water partition coefficient (Wildman–Crippen LogP) is 1.45. The van der Waals surface area contributed by atoms with E-state index >= 15 is 0 Å². The SMILES string of the molecule is CCC1=CC(O)(CC)C=CC1CC(N)C(=O)O. The fraction of sp³-hybridized carbons (Fsp3) is 0.615. The summed E-state index contributed by atoms with van der Waals surface area (Å²) in [4.78, 5) is 10.7. The van der Waals surface area contributed by atoms with E-state index in [0.717, 1.165) is 12.0 Å². The van der Waals surface area contributed by atoms with E-state index in [1.807, 2.05) is 26.0 Å². The molecule has 0 saturated carbocycles. The van der Waals surface area contributed by atoms with Crippen LogP contribution >= 0.6 is 0 Å². The standard InChI is InChI=1S/C13H21NO3/c1-3-9-8-13(17,4-2)6-5-10(9)7-11(14)12(15)16/h5-6,8,10-11,17H,3-4,7,14H2,1-2H3,(H,15,16). The molecule has 0 aromatic rings. The molecule has 1 aliphatic carbocycles. The summed E-state index contributed by atoms with van der Waals surface area (Å²) in [6, 6.07) is -0.854. The number of carboxylic acids is 1. The fourth-order valence-corrected chi connectivity index (χ4v) is 2.07. The van der Waals surface area contributed by atoms with Crippen LogP contribution in [0.5, 0.6) is 0 Å². The third kappa shape index (κ3) is 3.41. The molecule has 17 heavy (non-hydrogen) atoms. The molecule has 0 bridgehead atoms. The molecule has 0 aliphatic heterocycles. The van der Waals surface area contributed by atoms with Gasteiger partial charge in [0.25, 0.3) is 0 Å². The Hall–Kier alpha value is -1.13. The molecule has 96 valence electrons. The van der Waals surface area contributed by atoms with E-state index in [-0.39, 0.29) is 5.92 Å². The van der Waals surface area contributed by atoms with Gasteiger partial charge in [0.15, 0.2) is 0 Å². The first-order chi connectivity index (χ1) is 7.91. The maximum absolute atomic E-state index is 10.7. The Morgan fingerprint density at radius 2 is 2.24 bits per heavy atom. The van der Waals surface area contributed by atoms with Crippen LogP contribution in [0.2, 0.25) is 0 Å². The predicted molar refractivity (Wildman–Crippen MR) is 66.5 cm³/mol. The third-order valence-corrected chi connectivity index (χ3v) is 3.33. The van der Waals surface area contributed by atoms with E-state index in [1.165, 1.54) is 0 Å². The molecule has 0 heterocycles. The van der Waals surface area contributed by atoms with Crippen LogP contribution in [-0.2, 0) is 4.79 Å². The lowest BCUT2D eigenvalue weighted by atomic mass is 9.80. The fourth-order valence-electron chi connectivity index (χ4n) is 2.07. The number of aliphatic carboxylic acids is 1. The summed E-state index contributed by atoms with van der Waals surface area (Å²) in [7, 11) is 0. The van der Waals surface area contributed by atoms with E-state index in [2.05, 4.69) is 0 Å². The van der Waals surface area contributed by atoms with Gasteiger partial charge in [-0.05, 0) is 31.3 Å². The molecule has 0 radical (unpaired) electrons. The van der Waals surface area contributed by atoms with Crippen LogP contribution in [0.4, 0.5) is 0 Å². The topological polar surface area (TPSA) is 83.5 Å². The van der Waals surface area contributed by atoms with E-state index in [9.17, 15) is 9.90 Å². The molecule has 3 atom stereocenters. The molecule has 1 aliphatic rings. The average molecular weight is 239 g/mol. The molecule has 3 unspecified atom stereocenters. The second kappa shape index (κ2) is 5.47. The zero-order valence-corrected chi connectivity index (χ0v) is 10.4. The molecule has 0 saturated heterocycles. The van der Waals surface area contributed by atoms with Gasteiger partial charge >= 0.3 is 5.97 Å². The first-order valence-electron chi connectivity index (χ1n) is 6.03. The lowest BCUT2D eigenvalue weighted by molar-refractivity contribution is -0.138. The Kier molecular flexibility index (Phi) is 4.48. The molecule has 0 amide bonds. The summed E-state index contributed by atoms with van der Waals surface area (Å²) in [5.74, 6) is -0.955. The number of nitrogens with two attached hydrogens (primary N) is 1. The van der Waals surface area contributed by atoms with Gasteiger partial charge < -0.3 is 15.9 Å². The summed E-state index contributed by atoms with van der Waals surface area (Å²) in [5.41, 5.74) is 5.72. The second-order valence-electron chi connectivity index (χ2n) is 4.56. The van der Waals surface area contributed by atoms with Crippen LogP contribution in [0, 0.1) is 5.92 Å². The van der Waals surface area contributed by atoms with E-state index in [4.69, 9.17) is 10.8 Å². The average Bonchev–Trinajstić information content (AvgIpc) is 2.31. The molecule has 1 rings (SSSR count). The molecule has 0 fully saturated rings. The highest BCUT2D eigenvalue weighted by Gasteiger charge is 2.27. The van der Waals surface area contributed by atoms with Crippen molar-refractivity contribution in [2.75, 3.05) is 0 Å². The van der Waals surface area contributed by atoms with Gasteiger partial charge in [-0.15, -0.1) is 0 Å². The first-order valence-corrected chi connectivity index (χ1v) is 6.03. The second-order valence-corrected chi connectivity index (χ2v) is 4.56. The van der Waals surface area contributed by atoms with E-state index in [0.29, 0.717) is 12.8 Å². The Bertz CT molecular complexity index is 349. The van der Waals surface area contributed by atoms with Gasteiger partial charge in [-0.1, -0.05) is 31.6 Å². The van der Waals surface area contributed by atoms with Gasteiger partial charge in [0.2, 0.25) is 0 Å². The number of hydrogen-bond acceptors (Lipinski definition) is 3. The highest BCUT2D eigenvalue weighted by molar-refractivity contribution is 5.73. The van der Waals surface area contributed by atoms with Crippen LogP contribution in [0.25, 0.3) is 0 Å². The number of carbonyl (C=O) groups is 1. The van der Waals surface area contributed by atoms with Crippen LogP contribution < -0.4 is 5.73 Å². The number of rotatable bonds is 5. The largest absolute Gasteiger partial charge is 0.480 e. The van der Waals surface area contributed by atoms with E-state index < -0.39 is 17.6 Å².